The Morgan fingerprint density at radius 1 is 1.13 bits per heavy atom. The van der Waals surface area contributed by atoms with Crippen molar-refractivity contribution < 1.29 is 13.6 Å². The smallest absolute Gasteiger partial charge is 0.305 e. The SMILES string of the molecule is CCOP(=O)(OCC)c1cn(C)c(=O)n(C2CCCCC2)c1=O. The minimum absolute atomic E-state index is 0.0612. The molecule has 0 amide bonds. The van der Waals surface area contributed by atoms with Crippen LogP contribution in [0.4, 0.5) is 0 Å². The molecule has 1 aliphatic rings. The van der Waals surface area contributed by atoms with Crippen molar-refractivity contribution >= 4 is 12.9 Å². The molecule has 130 valence electrons. The molecule has 0 spiro atoms. The van der Waals surface area contributed by atoms with E-state index in [0.29, 0.717) is 0 Å². The lowest BCUT2D eigenvalue weighted by atomic mass is 9.95. The first-order valence-corrected chi connectivity index (χ1v) is 9.70. The van der Waals surface area contributed by atoms with Crippen molar-refractivity contribution in [3.05, 3.63) is 27.0 Å². The molecule has 0 aliphatic heterocycles. The van der Waals surface area contributed by atoms with E-state index in [2.05, 4.69) is 0 Å². The van der Waals surface area contributed by atoms with E-state index in [1.807, 2.05) is 0 Å². The molecule has 8 heteroatoms. The summed E-state index contributed by atoms with van der Waals surface area (Å²) >= 11 is 0. The Bertz CT molecular complexity index is 693. The molecular weight excluding hydrogens is 319 g/mol. The molecule has 0 saturated heterocycles. The van der Waals surface area contributed by atoms with E-state index < -0.39 is 13.2 Å². The van der Waals surface area contributed by atoms with Gasteiger partial charge >= 0.3 is 13.3 Å². The first-order chi connectivity index (χ1) is 10.9. The van der Waals surface area contributed by atoms with Crippen molar-refractivity contribution in [1.82, 2.24) is 9.13 Å². The summed E-state index contributed by atoms with van der Waals surface area (Å²) in [4.78, 5) is 25.3. The molecule has 0 N–H and O–H groups in total. The second kappa shape index (κ2) is 7.60. The van der Waals surface area contributed by atoms with Crippen LogP contribution in [0.1, 0.15) is 52.0 Å². The van der Waals surface area contributed by atoms with Crippen LogP contribution in [-0.4, -0.2) is 22.3 Å². The molecule has 1 aliphatic carbocycles. The molecule has 1 saturated carbocycles. The lowest BCUT2D eigenvalue weighted by molar-refractivity contribution is 0.229. The molecule has 1 aromatic heterocycles. The third-order valence-electron chi connectivity index (χ3n) is 4.09. The van der Waals surface area contributed by atoms with Crippen LogP contribution in [0, 0.1) is 0 Å². The van der Waals surface area contributed by atoms with Gasteiger partial charge < -0.3 is 13.6 Å². The molecule has 1 aromatic rings. The van der Waals surface area contributed by atoms with Gasteiger partial charge in [-0.2, -0.15) is 0 Å². The maximum absolute atomic E-state index is 13.0. The van der Waals surface area contributed by atoms with Gasteiger partial charge in [0.15, 0.2) is 0 Å². The summed E-state index contributed by atoms with van der Waals surface area (Å²) < 4.78 is 26.0. The average molecular weight is 344 g/mol. The molecule has 0 radical (unpaired) electrons. The predicted molar refractivity (Wildman–Crippen MR) is 88.6 cm³/mol. The van der Waals surface area contributed by atoms with Gasteiger partial charge in [0, 0.05) is 19.3 Å². The van der Waals surface area contributed by atoms with E-state index in [4.69, 9.17) is 9.05 Å². The van der Waals surface area contributed by atoms with E-state index in [0.717, 1.165) is 32.1 Å². The molecule has 1 fully saturated rings. The van der Waals surface area contributed by atoms with Gasteiger partial charge in [-0.05, 0) is 26.7 Å². The summed E-state index contributed by atoms with van der Waals surface area (Å²) in [6.07, 6.45) is 5.94. The van der Waals surface area contributed by atoms with E-state index in [9.17, 15) is 14.2 Å². The summed E-state index contributed by atoms with van der Waals surface area (Å²) in [5.41, 5.74) is -0.935. The van der Waals surface area contributed by atoms with E-state index in [-0.39, 0.29) is 30.2 Å². The summed E-state index contributed by atoms with van der Waals surface area (Å²) in [6, 6.07) is -0.147. The van der Waals surface area contributed by atoms with Gasteiger partial charge in [0.05, 0.1) is 13.2 Å². The van der Waals surface area contributed by atoms with Crippen LogP contribution in [0.25, 0.3) is 0 Å². The van der Waals surface area contributed by atoms with Crippen LogP contribution < -0.4 is 16.6 Å². The third-order valence-corrected chi connectivity index (χ3v) is 6.19. The predicted octanol–water partition coefficient (Wildman–Crippen LogP) is 1.94. The highest BCUT2D eigenvalue weighted by atomic mass is 31.2. The maximum Gasteiger partial charge on any atom is 0.368 e. The quantitative estimate of drug-likeness (QED) is 0.737. The van der Waals surface area contributed by atoms with E-state index in [1.165, 1.54) is 15.3 Å². The zero-order chi connectivity index (χ0) is 17.0. The van der Waals surface area contributed by atoms with Gasteiger partial charge in [-0.25, -0.2) is 4.79 Å². The van der Waals surface area contributed by atoms with Crippen LogP contribution in [0.2, 0.25) is 0 Å². The summed E-state index contributed by atoms with van der Waals surface area (Å²) in [6.45, 7) is 3.69. The fourth-order valence-corrected chi connectivity index (χ4v) is 4.73. The highest BCUT2D eigenvalue weighted by Crippen LogP contribution is 2.45. The summed E-state index contributed by atoms with van der Waals surface area (Å²) in [5, 5.41) is -0.0612. The van der Waals surface area contributed by atoms with Crippen LogP contribution >= 0.6 is 7.60 Å². The van der Waals surface area contributed by atoms with Crippen LogP contribution in [0.15, 0.2) is 15.8 Å². The largest absolute Gasteiger partial charge is 0.368 e. The second-order valence-corrected chi connectivity index (χ2v) is 7.70. The Hall–Kier alpha value is -1.17. The zero-order valence-corrected chi connectivity index (χ0v) is 14.9. The number of aryl methyl sites for hydroxylation is 1. The third kappa shape index (κ3) is 3.67. The molecule has 0 unspecified atom stereocenters. The highest BCUT2D eigenvalue weighted by Gasteiger charge is 2.33. The molecule has 7 nitrogen and oxygen atoms in total. The number of nitrogens with zero attached hydrogens (tertiary/aromatic N) is 2. The monoisotopic (exact) mass is 344 g/mol. The number of aromatic nitrogens is 2. The molecule has 0 bridgehead atoms. The Labute approximate surface area is 135 Å². The van der Waals surface area contributed by atoms with Gasteiger partial charge in [0.25, 0.3) is 5.56 Å². The Morgan fingerprint density at radius 3 is 2.22 bits per heavy atom. The molecule has 0 atom stereocenters. The number of hydrogen-bond acceptors (Lipinski definition) is 5. The molecule has 2 rings (SSSR count). The fourth-order valence-electron chi connectivity index (χ4n) is 3.04. The Morgan fingerprint density at radius 2 is 1.70 bits per heavy atom. The van der Waals surface area contributed by atoms with Crippen LogP contribution in [0.3, 0.4) is 0 Å². The minimum Gasteiger partial charge on any atom is -0.305 e. The summed E-state index contributed by atoms with van der Waals surface area (Å²) in [5.74, 6) is 0. The van der Waals surface area contributed by atoms with Gasteiger partial charge in [-0.1, -0.05) is 19.3 Å². The van der Waals surface area contributed by atoms with Crippen LogP contribution in [-0.2, 0) is 20.7 Å². The van der Waals surface area contributed by atoms with Crippen molar-refractivity contribution in [2.45, 2.75) is 52.0 Å². The Balaban J connectivity index is 2.62. The average Bonchev–Trinajstić information content (AvgIpc) is 2.52. The Kier molecular flexibility index (Phi) is 6.00. The molecule has 0 aromatic carbocycles. The molecule has 23 heavy (non-hydrogen) atoms. The first-order valence-electron chi connectivity index (χ1n) is 8.16. The number of hydrogen-bond donors (Lipinski definition) is 0. The first kappa shape index (κ1) is 18.2. The van der Waals surface area contributed by atoms with E-state index in [1.54, 1.807) is 20.9 Å². The van der Waals surface area contributed by atoms with Gasteiger partial charge in [-0.15, -0.1) is 0 Å². The molecular formula is C15H25N2O5P. The van der Waals surface area contributed by atoms with Crippen molar-refractivity contribution in [2.24, 2.45) is 7.05 Å². The van der Waals surface area contributed by atoms with Crippen molar-refractivity contribution in [3.8, 4) is 0 Å². The summed E-state index contributed by atoms with van der Waals surface area (Å²) in [7, 11) is -2.18. The van der Waals surface area contributed by atoms with Gasteiger partial charge in [-0.3, -0.25) is 13.9 Å². The zero-order valence-electron chi connectivity index (χ0n) is 14.0. The lowest BCUT2D eigenvalue weighted by Crippen LogP contribution is -2.48. The lowest BCUT2D eigenvalue weighted by Gasteiger charge is -2.25. The van der Waals surface area contributed by atoms with Gasteiger partial charge in [0.2, 0.25) is 0 Å². The minimum atomic E-state index is -3.73. The highest BCUT2D eigenvalue weighted by molar-refractivity contribution is 7.62. The molecule has 1 heterocycles. The van der Waals surface area contributed by atoms with Gasteiger partial charge in [0.1, 0.15) is 5.30 Å². The van der Waals surface area contributed by atoms with Crippen molar-refractivity contribution in [1.29, 1.82) is 0 Å². The van der Waals surface area contributed by atoms with E-state index >= 15 is 0 Å². The maximum atomic E-state index is 13.0. The second-order valence-electron chi connectivity index (χ2n) is 5.71. The standard InChI is InChI=1S/C15H25N2O5P/c1-4-21-23(20,22-5-2)13-11-16(3)15(19)17(14(13)18)12-9-7-6-8-10-12/h11-12H,4-10H2,1-3H3. The van der Waals surface area contributed by atoms with Crippen LogP contribution in [0.5, 0.6) is 0 Å². The van der Waals surface area contributed by atoms with Crippen molar-refractivity contribution in [2.75, 3.05) is 13.2 Å². The van der Waals surface area contributed by atoms with Crippen molar-refractivity contribution in [3.63, 3.8) is 0 Å². The topological polar surface area (TPSA) is 79.5 Å². The normalized spacial score (nSPS) is 16.7. The fraction of sp³-hybridized carbons (Fsp3) is 0.733. The number of rotatable bonds is 6.